The highest BCUT2D eigenvalue weighted by Crippen LogP contribution is 2.25. The molecule has 0 aromatic heterocycles. The number of rotatable bonds is 7. The van der Waals surface area contributed by atoms with Crippen LogP contribution >= 0.6 is 0 Å². The summed E-state index contributed by atoms with van der Waals surface area (Å²) in [4.78, 5) is 30.4. The van der Waals surface area contributed by atoms with Crippen molar-refractivity contribution in [2.45, 2.75) is 51.9 Å². The van der Waals surface area contributed by atoms with Crippen molar-refractivity contribution in [1.82, 2.24) is 15.1 Å². The normalized spacial score (nSPS) is 21.0. The fraction of sp³-hybridized carbons (Fsp3) is 0.481. The van der Waals surface area contributed by atoms with E-state index in [1.54, 1.807) is 4.90 Å². The summed E-state index contributed by atoms with van der Waals surface area (Å²) >= 11 is 0. The maximum Gasteiger partial charge on any atom is 0.243 e. The molecular formula is C27H35N3O3. The zero-order valence-electron chi connectivity index (χ0n) is 19.7. The van der Waals surface area contributed by atoms with Crippen LogP contribution in [0.5, 0.6) is 0 Å². The second-order valence-electron chi connectivity index (χ2n) is 9.57. The molecule has 2 aromatic rings. The quantitative estimate of drug-likeness (QED) is 0.706. The molecule has 2 amide bonds. The molecule has 0 spiro atoms. The molecule has 2 unspecified atom stereocenters. The van der Waals surface area contributed by atoms with Gasteiger partial charge in [0.15, 0.2) is 0 Å². The fourth-order valence-corrected chi connectivity index (χ4v) is 4.71. The first-order chi connectivity index (χ1) is 16.0. The summed E-state index contributed by atoms with van der Waals surface area (Å²) < 4.78 is 5.93. The van der Waals surface area contributed by atoms with Crippen LogP contribution in [0.2, 0.25) is 0 Å². The van der Waals surface area contributed by atoms with E-state index in [0.29, 0.717) is 32.5 Å². The van der Waals surface area contributed by atoms with E-state index in [0.717, 1.165) is 30.8 Å². The molecular weight excluding hydrogens is 414 g/mol. The second kappa shape index (κ2) is 10.9. The van der Waals surface area contributed by atoms with Crippen LogP contribution in [0.4, 0.5) is 0 Å². The number of hydrogen-bond donors (Lipinski definition) is 1. The number of carbonyl (C=O) groups is 2. The van der Waals surface area contributed by atoms with E-state index in [2.05, 4.69) is 46.6 Å². The van der Waals surface area contributed by atoms with E-state index < -0.39 is 6.04 Å². The Balaban J connectivity index is 1.37. The minimum Gasteiger partial charge on any atom is -0.374 e. The van der Waals surface area contributed by atoms with Gasteiger partial charge in [-0.05, 0) is 22.6 Å². The predicted octanol–water partition coefficient (Wildman–Crippen LogP) is 3.00. The first kappa shape index (κ1) is 23.5. The molecule has 4 rings (SSSR count). The minimum atomic E-state index is -0.477. The van der Waals surface area contributed by atoms with Crippen LogP contribution in [0.25, 0.3) is 0 Å². The first-order valence-electron chi connectivity index (χ1n) is 12.0. The average molecular weight is 450 g/mol. The van der Waals surface area contributed by atoms with Gasteiger partial charge in [-0.1, -0.05) is 68.4 Å². The third-order valence-electron chi connectivity index (χ3n) is 6.43. The average Bonchev–Trinajstić information content (AvgIpc) is 2.82. The maximum atomic E-state index is 13.2. The number of morpholine rings is 1. The number of fused-ring (bicyclic) bond motifs is 1. The van der Waals surface area contributed by atoms with Crippen molar-refractivity contribution in [3.05, 3.63) is 71.3 Å². The Morgan fingerprint density at radius 2 is 1.79 bits per heavy atom. The second-order valence-corrected chi connectivity index (χ2v) is 9.57. The van der Waals surface area contributed by atoms with Gasteiger partial charge >= 0.3 is 0 Å². The molecule has 0 saturated carbocycles. The minimum absolute atomic E-state index is 0.0441. The molecule has 6 nitrogen and oxygen atoms in total. The van der Waals surface area contributed by atoms with Crippen LogP contribution in [-0.4, -0.2) is 60.0 Å². The first-order valence-corrected chi connectivity index (χ1v) is 12.0. The molecule has 2 aliphatic heterocycles. The molecule has 2 aromatic carbocycles. The fourth-order valence-electron chi connectivity index (χ4n) is 4.71. The van der Waals surface area contributed by atoms with Crippen molar-refractivity contribution in [2.75, 3.05) is 26.2 Å². The molecule has 6 heteroatoms. The molecule has 1 saturated heterocycles. The summed E-state index contributed by atoms with van der Waals surface area (Å²) in [6.45, 7) is 8.21. The van der Waals surface area contributed by atoms with E-state index >= 15 is 0 Å². The third-order valence-corrected chi connectivity index (χ3v) is 6.43. The van der Waals surface area contributed by atoms with Gasteiger partial charge in [0.25, 0.3) is 0 Å². The van der Waals surface area contributed by atoms with Gasteiger partial charge in [-0.25, -0.2) is 0 Å². The molecule has 0 bridgehead atoms. The molecule has 2 aliphatic rings. The van der Waals surface area contributed by atoms with E-state index in [9.17, 15) is 9.59 Å². The van der Waals surface area contributed by atoms with Crippen LogP contribution in [0, 0.1) is 5.92 Å². The maximum absolute atomic E-state index is 13.2. The summed E-state index contributed by atoms with van der Waals surface area (Å²) in [5.41, 5.74) is 3.56. The van der Waals surface area contributed by atoms with E-state index in [1.165, 1.54) is 5.56 Å². The molecule has 2 heterocycles. The largest absolute Gasteiger partial charge is 0.374 e. The van der Waals surface area contributed by atoms with Crippen molar-refractivity contribution in [2.24, 2.45) is 5.92 Å². The van der Waals surface area contributed by atoms with Crippen molar-refractivity contribution in [1.29, 1.82) is 0 Å². The molecule has 1 fully saturated rings. The Bertz CT molecular complexity index is 947. The number of hydrogen-bond acceptors (Lipinski definition) is 4. The Morgan fingerprint density at radius 1 is 1.06 bits per heavy atom. The predicted molar refractivity (Wildman–Crippen MR) is 128 cm³/mol. The zero-order chi connectivity index (χ0) is 23.2. The van der Waals surface area contributed by atoms with Gasteiger partial charge in [-0.15, -0.1) is 0 Å². The molecule has 0 aliphatic carbocycles. The van der Waals surface area contributed by atoms with Crippen LogP contribution in [0.1, 0.15) is 37.0 Å². The van der Waals surface area contributed by atoms with Gasteiger partial charge in [0, 0.05) is 45.6 Å². The van der Waals surface area contributed by atoms with Crippen LogP contribution in [0.15, 0.2) is 54.6 Å². The zero-order valence-corrected chi connectivity index (χ0v) is 19.7. The highest BCUT2D eigenvalue weighted by molar-refractivity contribution is 5.88. The van der Waals surface area contributed by atoms with Crippen LogP contribution < -0.4 is 5.32 Å². The van der Waals surface area contributed by atoms with Gasteiger partial charge in [0.05, 0.1) is 12.7 Å². The van der Waals surface area contributed by atoms with E-state index in [4.69, 9.17) is 4.74 Å². The molecule has 176 valence electrons. The summed E-state index contributed by atoms with van der Waals surface area (Å²) in [5.74, 6) is 0.206. The SMILES string of the molecule is CC(C)CC(=O)N1Cc2ccccc2CC1C(=O)NCC1CN(Cc2ccccc2)CCO1. The van der Waals surface area contributed by atoms with Gasteiger partial charge in [-0.2, -0.15) is 0 Å². The Kier molecular flexibility index (Phi) is 7.78. The third kappa shape index (κ3) is 6.21. The molecule has 33 heavy (non-hydrogen) atoms. The van der Waals surface area contributed by atoms with Crippen molar-refractivity contribution < 1.29 is 14.3 Å². The van der Waals surface area contributed by atoms with E-state index in [-0.39, 0.29) is 23.8 Å². The van der Waals surface area contributed by atoms with Crippen LogP contribution in [-0.2, 0) is 33.8 Å². The lowest BCUT2D eigenvalue weighted by atomic mass is 9.92. The van der Waals surface area contributed by atoms with E-state index in [1.807, 2.05) is 32.0 Å². The molecule has 1 N–H and O–H groups in total. The summed E-state index contributed by atoms with van der Waals surface area (Å²) in [7, 11) is 0. The van der Waals surface area contributed by atoms with Crippen LogP contribution in [0.3, 0.4) is 0 Å². The van der Waals surface area contributed by atoms with Gasteiger partial charge in [0.2, 0.25) is 11.8 Å². The number of amides is 2. The van der Waals surface area contributed by atoms with Crippen molar-refractivity contribution in [3.8, 4) is 0 Å². The Hall–Kier alpha value is -2.70. The molecule has 0 radical (unpaired) electrons. The molecule has 2 atom stereocenters. The van der Waals surface area contributed by atoms with Crippen molar-refractivity contribution in [3.63, 3.8) is 0 Å². The highest BCUT2D eigenvalue weighted by atomic mass is 16.5. The topological polar surface area (TPSA) is 61.9 Å². The number of ether oxygens (including phenoxy) is 1. The van der Waals surface area contributed by atoms with Crippen molar-refractivity contribution >= 4 is 11.8 Å². The smallest absolute Gasteiger partial charge is 0.243 e. The summed E-state index contributed by atoms with van der Waals surface area (Å²) in [6.07, 6.45) is 0.950. The monoisotopic (exact) mass is 449 g/mol. The van der Waals surface area contributed by atoms with Gasteiger partial charge in [0.1, 0.15) is 6.04 Å². The lowest BCUT2D eigenvalue weighted by molar-refractivity contribution is -0.142. The number of benzene rings is 2. The summed E-state index contributed by atoms with van der Waals surface area (Å²) in [5, 5.41) is 3.09. The summed E-state index contributed by atoms with van der Waals surface area (Å²) in [6, 6.07) is 18.0. The Labute approximate surface area is 196 Å². The number of nitrogens with zero attached hydrogens (tertiary/aromatic N) is 2. The van der Waals surface area contributed by atoms with Gasteiger partial charge < -0.3 is 15.0 Å². The Morgan fingerprint density at radius 3 is 2.55 bits per heavy atom. The highest BCUT2D eigenvalue weighted by Gasteiger charge is 2.35. The lowest BCUT2D eigenvalue weighted by Gasteiger charge is -2.37. The number of carbonyl (C=O) groups excluding carboxylic acids is 2. The number of nitrogens with one attached hydrogen (secondary N) is 1. The van der Waals surface area contributed by atoms with Gasteiger partial charge in [-0.3, -0.25) is 14.5 Å². The standard InChI is InChI=1S/C27H35N3O3/c1-20(2)14-26(31)30-18-23-11-7-6-10-22(23)15-25(30)27(32)28-16-24-19-29(12-13-33-24)17-21-8-4-3-5-9-21/h3-11,20,24-25H,12-19H2,1-2H3,(H,28,32). The lowest BCUT2D eigenvalue weighted by Crippen LogP contribution is -2.55.